The molecular formula is C10H17N3O2. The molecule has 0 saturated carbocycles. The molecule has 5 nitrogen and oxygen atoms in total. The largest absolute Gasteiger partial charge is 0.396 e. The topological polar surface area (TPSA) is 92.0 Å². The third kappa shape index (κ3) is 2.64. The van der Waals surface area contributed by atoms with Gasteiger partial charge in [0.1, 0.15) is 5.82 Å². The highest BCUT2D eigenvalue weighted by Crippen LogP contribution is 2.11. The Bertz CT molecular complexity index is 404. The molecule has 0 bridgehead atoms. The summed E-state index contributed by atoms with van der Waals surface area (Å²) in [6.07, 6.45) is 0.319. The number of aryl methyl sites for hydroxylation is 1. The van der Waals surface area contributed by atoms with Gasteiger partial charge in [-0.1, -0.05) is 0 Å². The van der Waals surface area contributed by atoms with Crippen molar-refractivity contribution >= 4 is 0 Å². The van der Waals surface area contributed by atoms with Crippen molar-refractivity contribution in [3.8, 4) is 0 Å². The summed E-state index contributed by atoms with van der Waals surface area (Å²) in [6.45, 7) is 5.24. The third-order valence-corrected chi connectivity index (χ3v) is 2.19. The average Bonchev–Trinajstić information content (AvgIpc) is 2.09. The third-order valence-electron chi connectivity index (χ3n) is 2.19. The summed E-state index contributed by atoms with van der Waals surface area (Å²) < 4.78 is 0. The van der Waals surface area contributed by atoms with E-state index in [1.54, 1.807) is 20.8 Å². The van der Waals surface area contributed by atoms with Crippen molar-refractivity contribution in [1.29, 1.82) is 0 Å². The van der Waals surface area contributed by atoms with E-state index in [1.165, 1.54) is 0 Å². The zero-order chi connectivity index (χ0) is 11.6. The summed E-state index contributed by atoms with van der Waals surface area (Å²) >= 11 is 0. The van der Waals surface area contributed by atoms with Gasteiger partial charge in [-0.3, -0.25) is 4.79 Å². The molecule has 1 rings (SSSR count). The van der Waals surface area contributed by atoms with Crippen LogP contribution in [0, 0.1) is 6.92 Å². The average molecular weight is 211 g/mol. The molecule has 1 aromatic heterocycles. The second kappa shape index (κ2) is 4.12. The lowest BCUT2D eigenvalue weighted by Gasteiger charge is -2.18. The van der Waals surface area contributed by atoms with Gasteiger partial charge in [-0.15, -0.1) is 0 Å². The van der Waals surface area contributed by atoms with E-state index in [4.69, 9.17) is 10.8 Å². The van der Waals surface area contributed by atoms with Crippen LogP contribution in [0.3, 0.4) is 0 Å². The maximum absolute atomic E-state index is 11.6. The van der Waals surface area contributed by atoms with Crippen LogP contribution in [0.25, 0.3) is 0 Å². The Labute approximate surface area is 88.4 Å². The first kappa shape index (κ1) is 11.9. The van der Waals surface area contributed by atoms with Crippen LogP contribution in [-0.2, 0) is 12.0 Å². The van der Waals surface area contributed by atoms with E-state index >= 15 is 0 Å². The Morgan fingerprint density at radius 1 is 1.53 bits per heavy atom. The molecule has 0 amide bonds. The number of aliphatic hydroxyl groups excluding tert-OH is 1. The van der Waals surface area contributed by atoms with Gasteiger partial charge in [0.2, 0.25) is 0 Å². The lowest BCUT2D eigenvalue weighted by molar-refractivity contribution is 0.298. The number of nitrogens with two attached hydrogens (primary N) is 1. The quantitative estimate of drug-likeness (QED) is 0.646. The predicted molar refractivity (Wildman–Crippen MR) is 57.6 cm³/mol. The second-order valence-corrected chi connectivity index (χ2v) is 4.17. The highest BCUT2D eigenvalue weighted by atomic mass is 16.3. The molecule has 0 radical (unpaired) electrons. The monoisotopic (exact) mass is 211 g/mol. The van der Waals surface area contributed by atoms with E-state index in [2.05, 4.69) is 9.97 Å². The molecule has 15 heavy (non-hydrogen) atoms. The second-order valence-electron chi connectivity index (χ2n) is 4.17. The lowest BCUT2D eigenvalue weighted by atomic mass is 10.1. The van der Waals surface area contributed by atoms with E-state index in [0.717, 1.165) is 0 Å². The van der Waals surface area contributed by atoms with Crippen LogP contribution in [0.2, 0.25) is 0 Å². The number of aromatic amines is 1. The molecule has 0 saturated heterocycles. The summed E-state index contributed by atoms with van der Waals surface area (Å²) in [4.78, 5) is 18.5. The number of aromatic nitrogens is 2. The Balaban J connectivity index is 3.26. The summed E-state index contributed by atoms with van der Waals surface area (Å²) in [6, 6.07) is 0. The van der Waals surface area contributed by atoms with Gasteiger partial charge < -0.3 is 15.8 Å². The minimum Gasteiger partial charge on any atom is -0.396 e. The molecule has 84 valence electrons. The first-order valence-corrected chi connectivity index (χ1v) is 4.86. The van der Waals surface area contributed by atoms with Crippen LogP contribution in [0.5, 0.6) is 0 Å². The van der Waals surface area contributed by atoms with Crippen LogP contribution < -0.4 is 11.3 Å². The maximum Gasteiger partial charge on any atom is 0.254 e. The molecular weight excluding hydrogens is 194 g/mol. The SMILES string of the molecule is Cc1nc(C(C)(C)N)[nH]c(=O)c1CCO. The van der Waals surface area contributed by atoms with Crippen molar-refractivity contribution in [3.63, 3.8) is 0 Å². The number of nitrogens with one attached hydrogen (secondary N) is 1. The van der Waals surface area contributed by atoms with Gasteiger partial charge in [0.15, 0.2) is 0 Å². The van der Waals surface area contributed by atoms with E-state index in [0.29, 0.717) is 23.5 Å². The number of H-pyrrole nitrogens is 1. The van der Waals surface area contributed by atoms with Crippen molar-refractivity contribution in [1.82, 2.24) is 9.97 Å². The van der Waals surface area contributed by atoms with Crippen LogP contribution >= 0.6 is 0 Å². The minimum absolute atomic E-state index is 0.0586. The Kier molecular flexibility index (Phi) is 3.26. The van der Waals surface area contributed by atoms with Gasteiger partial charge in [0.05, 0.1) is 5.54 Å². The zero-order valence-electron chi connectivity index (χ0n) is 9.29. The summed E-state index contributed by atoms with van der Waals surface area (Å²) in [5.74, 6) is 0.465. The fraction of sp³-hybridized carbons (Fsp3) is 0.600. The molecule has 0 spiro atoms. The fourth-order valence-electron chi connectivity index (χ4n) is 1.32. The first-order valence-electron chi connectivity index (χ1n) is 4.86. The molecule has 4 N–H and O–H groups in total. The molecule has 5 heteroatoms. The fourth-order valence-corrected chi connectivity index (χ4v) is 1.32. The van der Waals surface area contributed by atoms with Gasteiger partial charge in [0.25, 0.3) is 5.56 Å². The van der Waals surface area contributed by atoms with Crippen LogP contribution in [0.1, 0.15) is 30.9 Å². The summed E-state index contributed by atoms with van der Waals surface area (Å²) in [5, 5.41) is 8.79. The highest BCUT2D eigenvalue weighted by Gasteiger charge is 2.19. The van der Waals surface area contributed by atoms with Crippen molar-refractivity contribution < 1.29 is 5.11 Å². The van der Waals surface area contributed by atoms with Crippen molar-refractivity contribution in [2.75, 3.05) is 6.61 Å². The molecule has 0 aliphatic carbocycles. The number of hydrogen-bond acceptors (Lipinski definition) is 4. The van der Waals surface area contributed by atoms with Crippen LogP contribution in [0.4, 0.5) is 0 Å². The van der Waals surface area contributed by atoms with Gasteiger partial charge in [-0.2, -0.15) is 0 Å². The van der Waals surface area contributed by atoms with Gasteiger partial charge in [0, 0.05) is 24.3 Å². The lowest BCUT2D eigenvalue weighted by Crippen LogP contribution is -2.35. The number of aliphatic hydroxyl groups is 1. The number of nitrogens with zero attached hydrogens (tertiary/aromatic N) is 1. The molecule has 0 fully saturated rings. The summed E-state index contributed by atoms with van der Waals surface area (Å²) in [7, 11) is 0. The van der Waals surface area contributed by atoms with Gasteiger partial charge in [-0.25, -0.2) is 4.98 Å². The smallest absolute Gasteiger partial charge is 0.254 e. The van der Waals surface area contributed by atoms with E-state index in [1.807, 2.05) is 0 Å². The van der Waals surface area contributed by atoms with Gasteiger partial charge in [-0.05, 0) is 20.8 Å². The normalized spacial score (nSPS) is 11.8. The highest BCUT2D eigenvalue weighted by molar-refractivity contribution is 5.18. The number of hydrogen-bond donors (Lipinski definition) is 3. The Morgan fingerprint density at radius 2 is 2.13 bits per heavy atom. The minimum atomic E-state index is -0.665. The Morgan fingerprint density at radius 3 is 2.53 bits per heavy atom. The molecule has 0 aliphatic rings. The van der Waals surface area contributed by atoms with Gasteiger partial charge >= 0.3 is 0 Å². The molecule has 1 aromatic rings. The number of rotatable bonds is 3. The molecule has 0 unspecified atom stereocenters. The Hall–Kier alpha value is -1.20. The van der Waals surface area contributed by atoms with Crippen molar-refractivity contribution in [2.45, 2.75) is 32.7 Å². The molecule has 0 aromatic carbocycles. The predicted octanol–water partition coefficient (Wildman–Crippen LogP) is -0.193. The van der Waals surface area contributed by atoms with E-state index in [-0.39, 0.29) is 12.2 Å². The van der Waals surface area contributed by atoms with Crippen molar-refractivity contribution in [3.05, 3.63) is 27.4 Å². The molecule has 0 aliphatic heterocycles. The van der Waals surface area contributed by atoms with Crippen LogP contribution in [0.15, 0.2) is 4.79 Å². The standard InChI is InChI=1S/C10H17N3O2/c1-6-7(4-5-14)8(15)13-9(12-6)10(2,3)11/h14H,4-5,11H2,1-3H3,(H,12,13,15). The molecule has 1 heterocycles. The van der Waals surface area contributed by atoms with E-state index in [9.17, 15) is 4.79 Å². The zero-order valence-corrected chi connectivity index (χ0v) is 9.29. The maximum atomic E-state index is 11.6. The first-order chi connectivity index (χ1) is 6.86. The summed E-state index contributed by atoms with van der Waals surface area (Å²) in [5.41, 5.74) is 6.10. The molecule has 0 atom stereocenters. The van der Waals surface area contributed by atoms with Crippen LogP contribution in [-0.4, -0.2) is 21.7 Å². The van der Waals surface area contributed by atoms with E-state index < -0.39 is 5.54 Å². The van der Waals surface area contributed by atoms with Crippen molar-refractivity contribution in [2.24, 2.45) is 5.73 Å².